The Morgan fingerprint density at radius 1 is 0.867 bits per heavy atom. The molecule has 3 N–H and O–H groups in total. The Kier molecular flexibility index (Phi) is 9.93. The van der Waals surface area contributed by atoms with Gasteiger partial charge in [0.2, 0.25) is 11.8 Å². The molecule has 4 aromatic rings. The molecule has 10 heteroatoms. The molecule has 1 fully saturated rings. The number of rotatable bonds is 11. The van der Waals surface area contributed by atoms with E-state index in [1.807, 2.05) is 67.5 Å². The van der Waals surface area contributed by atoms with Crippen LogP contribution in [0.25, 0.3) is 0 Å². The molecule has 0 atom stereocenters. The second-order valence-corrected chi connectivity index (χ2v) is 11.2. The number of carboxylic acid groups (broad SMARTS) is 1. The second-order valence-electron chi connectivity index (χ2n) is 11.2. The normalized spacial score (nSPS) is 15.9. The lowest BCUT2D eigenvalue weighted by molar-refractivity contribution is -0.115. The van der Waals surface area contributed by atoms with Crippen molar-refractivity contribution in [2.24, 2.45) is 0 Å². The van der Waals surface area contributed by atoms with Crippen LogP contribution in [-0.4, -0.2) is 54.1 Å². The van der Waals surface area contributed by atoms with Gasteiger partial charge in [-0.2, -0.15) is 0 Å². The third-order valence-electron chi connectivity index (χ3n) is 7.60. The molecule has 0 spiro atoms. The number of carbonyl (C=O) groups is 3. The predicted octanol–water partition coefficient (Wildman–Crippen LogP) is 5.94. The number of nitrogens with zero attached hydrogens (tertiary/aromatic N) is 2. The van der Waals surface area contributed by atoms with Gasteiger partial charge in [0.05, 0.1) is 23.8 Å². The molecule has 1 saturated carbocycles. The van der Waals surface area contributed by atoms with E-state index in [-0.39, 0.29) is 41.6 Å². The van der Waals surface area contributed by atoms with E-state index in [9.17, 15) is 19.5 Å². The number of carboxylic acids is 1. The first-order chi connectivity index (χ1) is 21.7. The summed E-state index contributed by atoms with van der Waals surface area (Å²) >= 11 is 0. The lowest BCUT2D eigenvalue weighted by atomic mass is 9.92. The summed E-state index contributed by atoms with van der Waals surface area (Å²) in [6.45, 7) is 0. The number of anilines is 2. The van der Waals surface area contributed by atoms with Gasteiger partial charge in [-0.15, -0.1) is 0 Å². The van der Waals surface area contributed by atoms with Crippen LogP contribution >= 0.6 is 0 Å². The summed E-state index contributed by atoms with van der Waals surface area (Å²) in [5, 5.41) is 15.1. The van der Waals surface area contributed by atoms with Crippen LogP contribution in [0.15, 0.2) is 91.1 Å². The number of carbonyl (C=O) groups excluding carboxylic acids is 2. The van der Waals surface area contributed by atoms with Crippen LogP contribution in [0.2, 0.25) is 0 Å². The Balaban J connectivity index is 1.05. The molecular weight excluding hydrogens is 572 g/mol. The molecule has 5 rings (SSSR count). The quantitative estimate of drug-likeness (QED) is 0.191. The number of amides is 2. The molecule has 0 unspecified atom stereocenters. The molecule has 10 nitrogen and oxygen atoms in total. The van der Waals surface area contributed by atoms with Gasteiger partial charge in [0, 0.05) is 43.7 Å². The topological polar surface area (TPSA) is 130 Å². The summed E-state index contributed by atoms with van der Waals surface area (Å²) in [6.07, 6.45) is 5.07. The molecule has 3 aromatic carbocycles. The van der Waals surface area contributed by atoms with E-state index in [0.717, 1.165) is 37.1 Å². The maximum Gasteiger partial charge on any atom is 0.337 e. The molecule has 45 heavy (non-hydrogen) atoms. The first-order valence-electron chi connectivity index (χ1n) is 14.8. The largest absolute Gasteiger partial charge is 0.490 e. The molecule has 1 aliphatic carbocycles. The summed E-state index contributed by atoms with van der Waals surface area (Å²) in [5.74, 6) is 0.206. The highest BCUT2D eigenvalue weighted by Gasteiger charge is 2.24. The van der Waals surface area contributed by atoms with Crippen molar-refractivity contribution >= 4 is 29.2 Å². The Hall–Kier alpha value is -5.38. The van der Waals surface area contributed by atoms with Crippen LogP contribution in [0, 0.1) is 0 Å². The minimum absolute atomic E-state index is 0.0279. The third kappa shape index (κ3) is 8.60. The number of hydrogen-bond acceptors (Lipinski definition) is 7. The van der Waals surface area contributed by atoms with Crippen LogP contribution in [-0.2, 0) is 11.2 Å². The zero-order chi connectivity index (χ0) is 31.8. The van der Waals surface area contributed by atoms with Crippen molar-refractivity contribution in [2.75, 3.05) is 24.3 Å². The maximum atomic E-state index is 12.7. The standard InChI is InChI=1S/C35H36N4O6/c1-39(2)26-12-8-24(9-13-26)34(41)37-25-10-14-27(15-11-25)44-28-16-18-29(19-17-28)45-33-20-7-23(22-36-33)21-32(40)38-31-6-4-3-5-30(31)35(42)43/h3-9,12-13,16-20,22,25,27H,10-11,14-15,21H2,1-2H3,(H,37,41)(H,38,40)(H,42,43). The van der Waals surface area contributed by atoms with Gasteiger partial charge in [-0.25, -0.2) is 9.78 Å². The van der Waals surface area contributed by atoms with Crippen molar-refractivity contribution in [3.8, 4) is 17.4 Å². The predicted molar refractivity (Wildman–Crippen MR) is 171 cm³/mol. The molecule has 0 bridgehead atoms. The van der Waals surface area contributed by atoms with Crippen molar-refractivity contribution in [1.82, 2.24) is 10.3 Å². The van der Waals surface area contributed by atoms with Crippen molar-refractivity contribution in [2.45, 2.75) is 44.2 Å². The first-order valence-corrected chi connectivity index (χ1v) is 14.8. The number of para-hydroxylation sites is 1. The van der Waals surface area contributed by atoms with Crippen molar-refractivity contribution in [3.63, 3.8) is 0 Å². The fourth-order valence-corrected chi connectivity index (χ4v) is 5.14. The van der Waals surface area contributed by atoms with Crippen molar-refractivity contribution in [1.29, 1.82) is 0 Å². The monoisotopic (exact) mass is 608 g/mol. The molecule has 0 aliphatic heterocycles. The van der Waals surface area contributed by atoms with E-state index in [0.29, 0.717) is 22.8 Å². The molecule has 232 valence electrons. The average molecular weight is 609 g/mol. The van der Waals surface area contributed by atoms with E-state index >= 15 is 0 Å². The number of ether oxygens (including phenoxy) is 2. The van der Waals surface area contributed by atoms with E-state index in [1.54, 1.807) is 36.5 Å². The van der Waals surface area contributed by atoms with Crippen LogP contribution in [0.5, 0.6) is 17.4 Å². The fraction of sp³-hybridized carbons (Fsp3) is 0.257. The molecule has 2 amide bonds. The molecule has 0 radical (unpaired) electrons. The second kappa shape index (κ2) is 14.4. The van der Waals surface area contributed by atoms with Gasteiger partial charge in [-0.3, -0.25) is 9.59 Å². The molecular formula is C35H36N4O6. The third-order valence-corrected chi connectivity index (χ3v) is 7.60. The van der Waals surface area contributed by atoms with E-state index in [1.165, 1.54) is 6.07 Å². The number of aromatic nitrogens is 1. The molecule has 0 saturated heterocycles. The first kappa shape index (κ1) is 31.1. The lowest BCUT2D eigenvalue weighted by Gasteiger charge is -2.29. The van der Waals surface area contributed by atoms with Gasteiger partial charge >= 0.3 is 5.97 Å². The van der Waals surface area contributed by atoms with E-state index in [4.69, 9.17) is 9.47 Å². The van der Waals surface area contributed by atoms with Gasteiger partial charge in [0.25, 0.3) is 5.91 Å². The Bertz CT molecular complexity index is 1610. The number of pyridine rings is 1. The zero-order valence-corrected chi connectivity index (χ0v) is 25.2. The minimum Gasteiger partial charge on any atom is -0.490 e. The van der Waals surface area contributed by atoms with Gasteiger partial charge in [-0.05, 0) is 91.9 Å². The SMILES string of the molecule is CN(C)c1ccc(C(=O)NC2CCC(Oc3ccc(Oc4ccc(CC(=O)Nc5ccccc5C(=O)O)cn4)cc3)CC2)cc1. The maximum absolute atomic E-state index is 12.7. The average Bonchev–Trinajstić information content (AvgIpc) is 3.04. The highest BCUT2D eigenvalue weighted by molar-refractivity contribution is 6.01. The van der Waals surface area contributed by atoms with E-state index in [2.05, 4.69) is 15.6 Å². The number of aromatic carboxylic acids is 1. The summed E-state index contributed by atoms with van der Waals surface area (Å²) in [4.78, 5) is 42.8. The van der Waals surface area contributed by atoms with Gasteiger partial charge < -0.3 is 30.1 Å². The Morgan fingerprint density at radius 3 is 2.20 bits per heavy atom. The van der Waals surface area contributed by atoms with Crippen LogP contribution in [0.3, 0.4) is 0 Å². The van der Waals surface area contributed by atoms with Crippen LogP contribution in [0.1, 0.15) is 52.0 Å². The van der Waals surface area contributed by atoms with Gasteiger partial charge in [0.15, 0.2) is 0 Å². The molecule has 1 heterocycles. The number of benzene rings is 3. The Morgan fingerprint density at radius 2 is 1.56 bits per heavy atom. The van der Waals surface area contributed by atoms with Crippen LogP contribution in [0.4, 0.5) is 11.4 Å². The van der Waals surface area contributed by atoms with Gasteiger partial charge in [0.1, 0.15) is 11.5 Å². The summed E-state index contributed by atoms with van der Waals surface area (Å²) in [6, 6.07) is 24.7. The van der Waals surface area contributed by atoms with Crippen molar-refractivity contribution in [3.05, 3.63) is 108 Å². The smallest absolute Gasteiger partial charge is 0.337 e. The minimum atomic E-state index is -1.11. The molecule has 1 aromatic heterocycles. The van der Waals surface area contributed by atoms with Gasteiger partial charge in [-0.1, -0.05) is 18.2 Å². The van der Waals surface area contributed by atoms with E-state index < -0.39 is 5.97 Å². The fourth-order valence-electron chi connectivity index (χ4n) is 5.14. The summed E-state index contributed by atoms with van der Waals surface area (Å²) in [5.41, 5.74) is 2.65. The number of hydrogen-bond donors (Lipinski definition) is 3. The number of nitrogens with one attached hydrogen (secondary N) is 2. The van der Waals surface area contributed by atoms with Crippen LogP contribution < -0.4 is 25.0 Å². The lowest BCUT2D eigenvalue weighted by Crippen LogP contribution is -2.39. The Labute approximate surface area is 262 Å². The highest BCUT2D eigenvalue weighted by Crippen LogP contribution is 2.27. The zero-order valence-electron chi connectivity index (χ0n) is 25.2. The van der Waals surface area contributed by atoms with Crippen molar-refractivity contribution < 1.29 is 29.0 Å². The summed E-state index contributed by atoms with van der Waals surface area (Å²) in [7, 11) is 3.94. The highest BCUT2D eigenvalue weighted by atomic mass is 16.5. The summed E-state index contributed by atoms with van der Waals surface area (Å²) < 4.78 is 12.0. The molecule has 1 aliphatic rings.